The molecule has 0 saturated carbocycles. The molecule has 1 aromatic heterocycles. The van der Waals surface area contributed by atoms with Gasteiger partial charge in [-0.1, -0.05) is 47.1 Å². The van der Waals surface area contributed by atoms with Crippen LogP contribution in [0.4, 0.5) is 4.39 Å². The standard InChI is InChI=1S/C20H16ClFN2O3/c1-11(25)14-8-6-13(7-9-14)10-23-20(26)17-12(2)27-24-19(17)18-15(21)4-3-5-16(18)22/h3-9H,10H2,1-2H3,(H,23,26). The molecule has 1 N–H and O–H groups in total. The van der Waals surface area contributed by atoms with E-state index < -0.39 is 11.7 Å². The summed E-state index contributed by atoms with van der Waals surface area (Å²) in [6.07, 6.45) is 0. The van der Waals surface area contributed by atoms with Gasteiger partial charge in [0.25, 0.3) is 5.91 Å². The summed E-state index contributed by atoms with van der Waals surface area (Å²) in [5.41, 5.74) is 1.61. The molecular formula is C20H16ClFN2O3. The van der Waals surface area contributed by atoms with Crippen LogP contribution in [-0.2, 0) is 6.54 Å². The Bertz CT molecular complexity index is 992. The Morgan fingerprint density at radius 3 is 2.52 bits per heavy atom. The van der Waals surface area contributed by atoms with Gasteiger partial charge in [-0.15, -0.1) is 0 Å². The van der Waals surface area contributed by atoms with Crippen molar-refractivity contribution in [2.24, 2.45) is 0 Å². The number of Topliss-reactive ketones (excluding diaryl/α,β-unsaturated/α-hetero) is 1. The number of rotatable bonds is 5. The van der Waals surface area contributed by atoms with E-state index in [0.717, 1.165) is 5.56 Å². The number of aromatic nitrogens is 1. The molecule has 0 aliphatic rings. The van der Waals surface area contributed by atoms with Gasteiger partial charge in [0.1, 0.15) is 22.8 Å². The number of nitrogens with one attached hydrogen (secondary N) is 1. The Morgan fingerprint density at radius 2 is 1.89 bits per heavy atom. The number of aryl methyl sites for hydroxylation is 1. The third-order valence-corrected chi connectivity index (χ3v) is 4.42. The van der Waals surface area contributed by atoms with E-state index in [1.165, 1.54) is 25.1 Å². The zero-order valence-corrected chi connectivity index (χ0v) is 15.4. The van der Waals surface area contributed by atoms with Crippen LogP contribution in [0.2, 0.25) is 5.02 Å². The number of halogens is 2. The van der Waals surface area contributed by atoms with Crippen molar-refractivity contribution in [3.63, 3.8) is 0 Å². The molecule has 3 rings (SSSR count). The largest absolute Gasteiger partial charge is 0.360 e. The number of carbonyl (C=O) groups excluding carboxylic acids is 2. The molecule has 0 aliphatic heterocycles. The van der Waals surface area contributed by atoms with Crippen molar-refractivity contribution < 1.29 is 18.5 Å². The van der Waals surface area contributed by atoms with Gasteiger partial charge >= 0.3 is 0 Å². The van der Waals surface area contributed by atoms with E-state index in [9.17, 15) is 14.0 Å². The van der Waals surface area contributed by atoms with Crippen LogP contribution >= 0.6 is 11.6 Å². The summed E-state index contributed by atoms with van der Waals surface area (Å²) < 4.78 is 19.3. The minimum absolute atomic E-state index is 0.0203. The van der Waals surface area contributed by atoms with Crippen LogP contribution in [0, 0.1) is 12.7 Å². The van der Waals surface area contributed by atoms with Gasteiger partial charge in [0.15, 0.2) is 5.78 Å². The molecule has 138 valence electrons. The monoisotopic (exact) mass is 386 g/mol. The van der Waals surface area contributed by atoms with E-state index in [1.54, 1.807) is 31.2 Å². The molecule has 0 spiro atoms. The van der Waals surface area contributed by atoms with Crippen molar-refractivity contribution >= 4 is 23.3 Å². The zero-order chi connectivity index (χ0) is 19.6. The molecule has 0 radical (unpaired) electrons. The van der Waals surface area contributed by atoms with Gasteiger partial charge in [-0.2, -0.15) is 0 Å². The summed E-state index contributed by atoms with van der Waals surface area (Å²) in [4.78, 5) is 24.0. The lowest BCUT2D eigenvalue weighted by molar-refractivity contribution is 0.0948. The minimum atomic E-state index is -0.593. The molecule has 1 amide bonds. The lowest BCUT2D eigenvalue weighted by atomic mass is 10.0. The third-order valence-electron chi connectivity index (χ3n) is 4.10. The lowest BCUT2D eigenvalue weighted by Gasteiger charge is -2.08. The summed E-state index contributed by atoms with van der Waals surface area (Å²) >= 11 is 6.08. The fourth-order valence-corrected chi connectivity index (χ4v) is 2.91. The van der Waals surface area contributed by atoms with Crippen LogP contribution in [0.5, 0.6) is 0 Å². The van der Waals surface area contributed by atoms with E-state index in [1.807, 2.05) is 0 Å². The summed E-state index contributed by atoms with van der Waals surface area (Å²) in [6.45, 7) is 3.29. The molecular weight excluding hydrogens is 371 g/mol. The molecule has 7 heteroatoms. The molecule has 27 heavy (non-hydrogen) atoms. The summed E-state index contributed by atoms with van der Waals surface area (Å²) in [5, 5.41) is 6.70. The van der Waals surface area contributed by atoms with Crippen LogP contribution in [0.25, 0.3) is 11.3 Å². The second-order valence-electron chi connectivity index (χ2n) is 5.99. The highest BCUT2D eigenvalue weighted by Gasteiger charge is 2.25. The normalized spacial score (nSPS) is 10.7. The second kappa shape index (κ2) is 7.72. The molecule has 0 aliphatic carbocycles. The molecule has 1 heterocycles. The summed E-state index contributed by atoms with van der Waals surface area (Å²) in [7, 11) is 0. The van der Waals surface area contributed by atoms with Crippen LogP contribution in [0.15, 0.2) is 47.0 Å². The fraction of sp³-hybridized carbons (Fsp3) is 0.150. The number of carbonyl (C=O) groups is 2. The quantitative estimate of drug-likeness (QED) is 0.652. The second-order valence-corrected chi connectivity index (χ2v) is 6.40. The maximum Gasteiger partial charge on any atom is 0.257 e. The van der Waals surface area contributed by atoms with Crippen molar-refractivity contribution in [2.75, 3.05) is 0 Å². The SMILES string of the molecule is CC(=O)c1ccc(CNC(=O)c2c(-c3c(F)cccc3Cl)noc2C)cc1. The predicted molar refractivity (Wildman–Crippen MR) is 99.3 cm³/mol. The Morgan fingerprint density at radius 1 is 1.19 bits per heavy atom. The number of hydrogen-bond acceptors (Lipinski definition) is 4. The molecule has 5 nitrogen and oxygen atoms in total. The third kappa shape index (κ3) is 3.90. The molecule has 0 bridgehead atoms. The number of ketones is 1. The van der Waals surface area contributed by atoms with E-state index in [4.69, 9.17) is 16.1 Å². The molecule has 0 saturated heterocycles. The number of hydrogen-bond donors (Lipinski definition) is 1. The van der Waals surface area contributed by atoms with Crippen molar-refractivity contribution in [3.05, 3.63) is 75.8 Å². The van der Waals surface area contributed by atoms with Crippen LogP contribution in [0.3, 0.4) is 0 Å². The van der Waals surface area contributed by atoms with Crippen molar-refractivity contribution in [1.82, 2.24) is 10.5 Å². The highest BCUT2D eigenvalue weighted by molar-refractivity contribution is 6.33. The first-order valence-electron chi connectivity index (χ1n) is 8.17. The minimum Gasteiger partial charge on any atom is -0.360 e. The van der Waals surface area contributed by atoms with E-state index in [0.29, 0.717) is 5.56 Å². The van der Waals surface area contributed by atoms with E-state index >= 15 is 0 Å². The first-order valence-corrected chi connectivity index (χ1v) is 8.55. The maximum atomic E-state index is 14.2. The smallest absolute Gasteiger partial charge is 0.257 e. The summed E-state index contributed by atoms with van der Waals surface area (Å²) in [6, 6.07) is 11.1. The van der Waals surface area contributed by atoms with Crippen molar-refractivity contribution in [3.8, 4) is 11.3 Å². The van der Waals surface area contributed by atoms with Crippen LogP contribution < -0.4 is 5.32 Å². The molecule has 0 unspecified atom stereocenters. The first kappa shape index (κ1) is 18.8. The fourth-order valence-electron chi connectivity index (χ4n) is 2.66. The average molecular weight is 387 g/mol. The van der Waals surface area contributed by atoms with Gasteiger partial charge in [-0.05, 0) is 31.5 Å². The van der Waals surface area contributed by atoms with Gasteiger partial charge in [0.2, 0.25) is 0 Å². The van der Waals surface area contributed by atoms with Crippen LogP contribution in [-0.4, -0.2) is 16.8 Å². The van der Waals surface area contributed by atoms with Gasteiger partial charge in [-0.3, -0.25) is 9.59 Å². The number of nitrogens with zero attached hydrogens (tertiary/aromatic N) is 1. The predicted octanol–water partition coefficient (Wildman–Crippen LogP) is 4.58. The molecule has 0 atom stereocenters. The van der Waals surface area contributed by atoms with Gasteiger partial charge < -0.3 is 9.84 Å². The maximum absolute atomic E-state index is 14.2. The average Bonchev–Trinajstić information content (AvgIpc) is 3.01. The summed E-state index contributed by atoms with van der Waals surface area (Å²) in [5.74, 6) is -0.825. The topological polar surface area (TPSA) is 72.2 Å². The highest BCUT2D eigenvalue weighted by atomic mass is 35.5. The number of amides is 1. The zero-order valence-electron chi connectivity index (χ0n) is 14.7. The van der Waals surface area contributed by atoms with Gasteiger partial charge in [0.05, 0.1) is 10.6 Å². The van der Waals surface area contributed by atoms with E-state index in [2.05, 4.69) is 10.5 Å². The van der Waals surface area contributed by atoms with Gasteiger partial charge in [0, 0.05) is 12.1 Å². The molecule has 2 aromatic carbocycles. The van der Waals surface area contributed by atoms with Crippen molar-refractivity contribution in [2.45, 2.75) is 20.4 Å². The molecule has 3 aromatic rings. The Balaban J connectivity index is 1.83. The first-order chi connectivity index (χ1) is 12.9. The van der Waals surface area contributed by atoms with E-state index in [-0.39, 0.29) is 39.9 Å². The Kier molecular flexibility index (Phi) is 5.37. The van der Waals surface area contributed by atoms with Gasteiger partial charge in [-0.25, -0.2) is 4.39 Å². The Labute approximate surface area is 160 Å². The van der Waals surface area contributed by atoms with Crippen LogP contribution in [0.1, 0.15) is 39.0 Å². The Hall–Kier alpha value is -2.99. The lowest BCUT2D eigenvalue weighted by Crippen LogP contribution is -2.23. The number of benzene rings is 2. The highest BCUT2D eigenvalue weighted by Crippen LogP contribution is 2.33. The van der Waals surface area contributed by atoms with Crippen molar-refractivity contribution in [1.29, 1.82) is 0 Å². The molecule has 0 fully saturated rings.